The maximum atomic E-state index is 13.5. The molecule has 2 aliphatic heterocycles. The minimum absolute atomic E-state index is 0.0719. The van der Waals surface area contributed by atoms with Crippen LogP contribution in [0.15, 0.2) is 77.0 Å². The second kappa shape index (κ2) is 11.2. The van der Waals surface area contributed by atoms with E-state index in [0.29, 0.717) is 43.4 Å². The van der Waals surface area contributed by atoms with Crippen LogP contribution in [-0.2, 0) is 9.59 Å². The zero-order valence-corrected chi connectivity index (χ0v) is 22.8. The van der Waals surface area contributed by atoms with E-state index in [-0.39, 0.29) is 24.1 Å². The maximum Gasteiger partial charge on any atom is 0.294 e. The predicted molar refractivity (Wildman–Crippen MR) is 150 cm³/mol. The molecule has 9 heteroatoms. The summed E-state index contributed by atoms with van der Waals surface area (Å²) in [7, 11) is 3.25. The van der Waals surface area contributed by atoms with E-state index in [9.17, 15) is 9.59 Å². The summed E-state index contributed by atoms with van der Waals surface area (Å²) in [5.74, 6) is 1.70. The minimum Gasteiger partial charge on any atom is -0.496 e. The van der Waals surface area contributed by atoms with Crippen molar-refractivity contribution in [1.29, 1.82) is 0 Å². The Kier molecular flexibility index (Phi) is 7.55. The Labute approximate surface area is 230 Å². The van der Waals surface area contributed by atoms with Crippen molar-refractivity contribution in [2.24, 2.45) is 0 Å². The van der Waals surface area contributed by atoms with Crippen molar-refractivity contribution in [2.45, 2.75) is 0 Å². The Bertz CT molecular complexity index is 1380. The number of para-hydroxylation sites is 4. The van der Waals surface area contributed by atoms with Crippen molar-refractivity contribution in [2.75, 3.05) is 56.7 Å². The van der Waals surface area contributed by atoms with Crippen molar-refractivity contribution in [3.8, 4) is 17.2 Å². The topological polar surface area (TPSA) is 71.6 Å². The molecule has 2 amide bonds. The fraction of sp³-hybridized carbons (Fsp3) is 0.241. The Morgan fingerprint density at radius 2 is 1.61 bits per heavy atom. The first-order chi connectivity index (χ1) is 18.5. The molecular formula is C29H28BrN3O5. The average Bonchev–Trinajstić information content (AvgIpc) is 2.95. The zero-order valence-electron chi connectivity index (χ0n) is 21.2. The number of nitrogens with zero attached hydrogens (tertiary/aromatic N) is 3. The first-order valence-electron chi connectivity index (χ1n) is 12.3. The third-order valence-corrected chi connectivity index (χ3v) is 7.28. The Morgan fingerprint density at radius 1 is 0.921 bits per heavy atom. The van der Waals surface area contributed by atoms with Gasteiger partial charge < -0.3 is 24.0 Å². The predicted octanol–water partition coefficient (Wildman–Crippen LogP) is 4.58. The third-order valence-electron chi connectivity index (χ3n) is 6.66. The number of anilines is 2. The van der Waals surface area contributed by atoms with Crippen LogP contribution in [0.1, 0.15) is 5.56 Å². The van der Waals surface area contributed by atoms with Gasteiger partial charge in [-0.3, -0.25) is 14.5 Å². The van der Waals surface area contributed by atoms with Gasteiger partial charge >= 0.3 is 0 Å². The molecule has 5 rings (SSSR count). The molecule has 0 aromatic heterocycles. The van der Waals surface area contributed by atoms with Crippen LogP contribution < -0.4 is 24.0 Å². The molecule has 1 saturated heterocycles. The van der Waals surface area contributed by atoms with Crippen LogP contribution >= 0.6 is 15.9 Å². The molecule has 196 valence electrons. The molecule has 3 aromatic carbocycles. The number of ether oxygens (including phenoxy) is 3. The number of carbonyl (C=O) groups excluding carboxylic acids is 2. The van der Waals surface area contributed by atoms with Crippen LogP contribution in [0.25, 0.3) is 6.08 Å². The molecule has 2 aliphatic rings. The summed E-state index contributed by atoms with van der Waals surface area (Å²) in [5, 5.41) is 0. The highest BCUT2D eigenvalue weighted by Crippen LogP contribution is 2.36. The maximum absolute atomic E-state index is 13.5. The molecule has 0 unspecified atom stereocenters. The number of carbonyl (C=O) groups is 2. The van der Waals surface area contributed by atoms with Gasteiger partial charge in [-0.05, 0) is 64.0 Å². The first kappa shape index (κ1) is 25.7. The molecule has 3 aromatic rings. The van der Waals surface area contributed by atoms with Gasteiger partial charge in [0.25, 0.3) is 5.91 Å². The van der Waals surface area contributed by atoms with Crippen LogP contribution in [0.5, 0.6) is 17.2 Å². The van der Waals surface area contributed by atoms with E-state index in [0.717, 1.165) is 21.5 Å². The highest BCUT2D eigenvalue weighted by Gasteiger charge is 2.33. The number of piperazine rings is 1. The van der Waals surface area contributed by atoms with Gasteiger partial charge in [-0.1, -0.05) is 30.3 Å². The smallest absolute Gasteiger partial charge is 0.294 e. The van der Waals surface area contributed by atoms with Gasteiger partial charge in [0.2, 0.25) is 5.91 Å². The van der Waals surface area contributed by atoms with E-state index in [1.165, 1.54) is 4.90 Å². The Morgan fingerprint density at radius 3 is 2.32 bits per heavy atom. The van der Waals surface area contributed by atoms with E-state index < -0.39 is 0 Å². The van der Waals surface area contributed by atoms with Crippen molar-refractivity contribution in [3.63, 3.8) is 0 Å². The molecule has 0 bridgehead atoms. The lowest BCUT2D eigenvalue weighted by Gasteiger charge is -2.38. The number of benzene rings is 3. The number of hydrogen-bond donors (Lipinski definition) is 0. The summed E-state index contributed by atoms with van der Waals surface area (Å²) in [6.45, 7) is 2.39. The number of rotatable bonds is 6. The van der Waals surface area contributed by atoms with E-state index in [1.54, 1.807) is 37.3 Å². The lowest BCUT2D eigenvalue weighted by molar-refractivity contribution is -0.131. The molecule has 1 fully saturated rings. The minimum atomic E-state index is -0.364. The number of fused-ring (bicyclic) bond motifs is 1. The van der Waals surface area contributed by atoms with Gasteiger partial charge in [-0.25, -0.2) is 0 Å². The molecule has 0 spiro atoms. The standard InChI is InChI=1S/C29H28BrN3O5/c1-36-24-12-11-20(17-21(24)30)18-27-29(35)33(23-8-4-6-10-26(23)38-27)19-28(34)32-15-13-31(14-16-32)22-7-3-5-9-25(22)37-2/h3-12,17-18H,13-16,19H2,1-2H3/b27-18-. The molecule has 0 radical (unpaired) electrons. The quantitative estimate of drug-likeness (QED) is 0.399. The number of methoxy groups -OCH3 is 2. The lowest BCUT2D eigenvalue weighted by atomic mass is 10.1. The van der Waals surface area contributed by atoms with Gasteiger partial charge in [0, 0.05) is 26.2 Å². The Balaban J connectivity index is 1.32. The molecule has 0 aliphatic carbocycles. The van der Waals surface area contributed by atoms with Gasteiger partial charge in [0.1, 0.15) is 18.0 Å². The molecular weight excluding hydrogens is 550 g/mol. The van der Waals surface area contributed by atoms with Crippen LogP contribution in [-0.4, -0.2) is 63.7 Å². The average molecular weight is 578 g/mol. The summed E-state index contributed by atoms with van der Waals surface area (Å²) in [5.41, 5.74) is 2.35. The number of hydrogen-bond acceptors (Lipinski definition) is 6. The fourth-order valence-electron chi connectivity index (χ4n) is 4.67. The van der Waals surface area contributed by atoms with Crippen molar-refractivity contribution >= 4 is 45.2 Å². The van der Waals surface area contributed by atoms with Crippen molar-refractivity contribution in [3.05, 3.63) is 82.5 Å². The normalized spacial score (nSPS) is 16.2. The molecule has 0 N–H and O–H groups in total. The van der Waals surface area contributed by atoms with E-state index in [4.69, 9.17) is 14.2 Å². The van der Waals surface area contributed by atoms with Gasteiger partial charge in [0.05, 0.1) is 30.1 Å². The largest absolute Gasteiger partial charge is 0.496 e. The van der Waals surface area contributed by atoms with Gasteiger partial charge in [-0.2, -0.15) is 0 Å². The second-order valence-electron chi connectivity index (χ2n) is 8.90. The zero-order chi connectivity index (χ0) is 26.6. The molecule has 0 saturated carbocycles. The summed E-state index contributed by atoms with van der Waals surface area (Å²) >= 11 is 3.48. The fourth-order valence-corrected chi connectivity index (χ4v) is 5.22. The monoisotopic (exact) mass is 577 g/mol. The molecule has 0 atom stereocenters. The van der Waals surface area contributed by atoms with Crippen LogP contribution in [0, 0.1) is 0 Å². The highest BCUT2D eigenvalue weighted by molar-refractivity contribution is 9.10. The number of amides is 2. The van der Waals surface area contributed by atoms with E-state index in [2.05, 4.69) is 20.8 Å². The summed E-state index contributed by atoms with van der Waals surface area (Å²) in [4.78, 5) is 32.4. The summed E-state index contributed by atoms with van der Waals surface area (Å²) in [6, 6.07) is 20.6. The Hall–Kier alpha value is -3.98. The van der Waals surface area contributed by atoms with Gasteiger partial charge in [0.15, 0.2) is 11.5 Å². The lowest BCUT2D eigenvalue weighted by Crippen LogP contribution is -2.52. The van der Waals surface area contributed by atoms with Crippen molar-refractivity contribution < 1.29 is 23.8 Å². The second-order valence-corrected chi connectivity index (χ2v) is 9.76. The molecule has 38 heavy (non-hydrogen) atoms. The van der Waals surface area contributed by atoms with E-state index >= 15 is 0 Å². The highest BCUT2D eigenvalue weighted by atomic mass is 79.9. The van der Waals surface area contributed by atoms with Crippen molar-refractivity contribution in [1.82, 2.24) is 4.90 Å². The molecule has 8 nitrogen and oxygen atoms in total. The van der Waals surface area contributed by atoms with Gasteiger partial charge in [-0.15, -0.1) is 0 Å². The molecule has 2 heterocycles. The third kappa shape index (κ3) is 5.19. The van der Waals surface area contributed by atoms with E-state index in [1.807, 2.05) is 54.6 Å². The first-order valence-corrected chi connectivity index (χ1v) is 13.1. The SMILES string of the molecule is COc1ccc(/C=C2\Oc3ccccc3N(CC(=O)N3CCN(c4ccccc4OC)CC3)C2=O)cc1Br. The number of halogens is 1. The van der Waals surface area contributed by atoms with Crippen LogP contribution in [0.4, 0.5) is 11.4 Å². The van der Waals surface area contributed by atoms with Crippen LogP contribution in [0.3, 0.4) is 0 Å². The summed E-state index contributed by atoms with van der Waals surface area (Å²) in [6.07, 6.45) is 1.67. The summed E-state index contributed by atoms with van der Waals surface area (Å²) < 4.78 is 17.5. The van der Waals surface area contributed by atoms with Crippen LogP contribution in [0.2, 0.25) is 0 Å².